The van der Waals surface area contributed by atoms with E-state index in [2.05, 4.69) is 4.98 Å². The summed E-state index contributed by atoms with van der Waals surface area (Å²) in [5.74, 6) is -0.587. The molecule has 15 heavy (non-hydrogen) atoms. The highest BCUT2D eigenvalue weighted by atomic mass is 35.5. The van der Waals surface area contributed by atoms with Crippen LogP contribution in [-0.4, -0.2) is 20.5 Å². The Morgan fingerprint density at radius 3 is 3.07 bits per heavy atom. The number of anilines is 1. The Balaban J connectivity index is 2.68. The van der Waals surface area contributed by atoms with Crippen LogP contribution in [0.2, 0.25) is 5.15 Å². The SMILES string of the molecule is Nc1cccn2c(CC(=O)O)nc(Cl)c12. The quantitative estimate of drug-likeness (QED) is 0.805. The lowest BCUT2D eigenvalue weighted by Gasteiger charge is -1.99. The molecule has 6 heteroatoms. The van der Waals surface area contributed by atoms with Crippen LogP contribution < -0.4 is 5.73 Å². The van der Waals surface area contributed by atoms with Gasteiger partial charge in [-0.1, -0.05) is 11.6 Å². The number of carboxylic acids is 1. The monoisotopic (exact) mass is 225 g/mol. The van der Waals surface area contributed by atoms with Crippen LogP contribution in [0, 0.1) is 0 Å². The van der Waals surface area contributed by atoms with Crippen molar-refractivity contribution in [1.29, 1.82) is 0 Å². The molecule has 0 unspecified atom stereocenters. The van der Waals surface area contributed by atoms with Crippen molar-refractivity contribution in [2.75, 3.05) is 5.73 Å². The van der Waals surface area contributed by atoms with Gasteiger partial charge in [0.1, 0.15) is 17.8 Å². The summed E-state index contributed by atoms with van der Waals surface area (Å²) < 4.78 is 1.59. The maximum absolute atomic E-state index is 10.6. The average Bonchev–Trinajstić information content (AvgIpc) is 2.44. The van der Waals surface area contributed by atoms with Crippen molar-refractivity contribution < 1.29 is 9.90 Å². The number of carbonyl (C=O) groups is 1. The number of aromatic nitrogens is 2. The number of pyridine rings is 1. The molecule has 0 aliphatic carbocycles. The standard InChI is InChI=1S/C9H8ClN3O2/c10-9-8-5(11)2-1-3-13(8)6(12-9)4-7(14)15/h1-3H,4,11H2,(H,14,15). The second-order valence-corrected chi connectivity index (χ2v) is 3.43. The highest BCUT2D eigenvalue weighted by molar-refractivity contribution is 6.33. The number of hydrogen-bond acceptors (Lipinski definition) is 3. The summed E-state index contributed by atoms with van der Waals surface area (Å²) in [4.78, 5) is 14.5. The number of nitrogens with zero attached hydrogens (tertiary/aromatic N) is 2. The van der Waals surface area contributed by atoms with Gasteiger partial charge in [-0.3, -0.25) is 9.20 Å². The third-order valence-electron chi connectivity index (χ3n) is 2.04. The summed E-state index contributed by atoms with van der Waals surface area (Å²) in [5.41, 5.74) is 6.74. The molecule has 0 aromatic carbocycles. The molecule has 5 nitrogen and oxygen atoms in total. The molecule has 0 radical (unpaired) electrons. The average molecular weight is 226 g/mol. The lowest BCUT2D eigenvalue weighted by Crippen LogP contribution is -2.04. The van der Waals surface area contributed by atoms with E-state index >= 15 is 0 Å². The Morgan fingerprint density at radius 2 is 2.40 bits per heavy atom. The van der Waals surface area contributed by atoms with Crippen molar-refractivity contribution in [3.63, 3.8) is 0 Å². The summed E-state index contributed by atoms with van der Waals surface area (Å²) in [6.45, 7) is 0. The maximum Gasteiger partial charge on any atom is 0.311 e. The van der Waals surface area contributed by atoms with Crippen molar-refractivity contribution in [3.8, 4) is 0 Å². The molecule has 0 aliphatic heterocycles. The van der Waals surface area contributed by atoms with E-state index in [1.807, 2.05) is 0 Å². The van der Waals surface area contributed by atoms with Gasteiger partial charge in [-0.15, -0.1) is 0 Å². The number of imidazole rings is 1. The maximum atomic E-state index is 10.6. The Kier molecular flexibility index (Phi) is 2.24. The number of fused-ring (bicyclic) bond motifs is 1. The van der Waals surface area contributed by atoms with Gasteiger partial charge in [-0.05, 0) is 12.1 Å². The third kappa shape index (κ3) is 1.61. The van der Waals surface area contributed by atoms with Crippen LogP contribution in [0.4, 0.5) is 5.69 Å². The van der Waals surface area contributed by atoms with Gasteiger partial charge in [0.15, 0.2) is 5.15 Å². The van der Waals surface area contributed by atoms with Gasteiger partial charge < -0.3 is 10.8 Å². The first kappa shape index (κ1) is 9.79. The fraction of sp³-hybridized carbons (Fsp3) is 0.111. The van der Waals surface area contributed by atoms with Crippen LogP contribution in [0.1, 0.15) is 5.82 Å². The third-order valence-corrected chi connectivity index (χ3v) is 2.30. The minimum Gasteiger partial charge on any atom is -0.481 e. The topological polar surface area (TPSA) is 80.6 Å². The van der Waals surface area contributed by atoms with Crippen molar-refractivity contribution in [3.05, 3.63) is 29.3 Å². The van der Waals surface area contributed by atoms with Crippen molar-refractivity contribution in [1.82, 2.24) is 9.38 Å². The van der Waals surface area contributed by atoms with Crippen LogP contribution in [0.15, 0.2) is 18.3 Å². The highest BCUT2D eigenvalue weighted by Crippen LogP contribution is 2.23. The van der Waals surface area contributed by atoms with E-state index in [-0.39, 0.29) is 11.6 Å². The molecule has 0 saturated heterocycles. The molecule has 0 saturated carbocycles. The van der Waals surface area contributed by atoms with E-state index in [1.54, 1.807) is 22.7 Å². The second kappa shape index (κ2) is 3.43. The molecule has 2 aromatic rings. The Bertz CT molecular complexity index is 535. The van der Waals surface area contributed by atoms with Crippen molar-refractivity contribution in [2.45, 2.75) is 6.42 Å². The summed E-state index contributed by atoms with van der Waals surface area (Å²) in [6, 6.07) is 3.40. The molecule has 3 N–H and O–H groups in total. The fourth-order valence-corrected chi connectivity index (χ4v) is 1.74. The fourth-order valence-electron chi connectivity index (χ4n) is 1.44. The van der Waals surface area contributed by atoms with Crippen LogP contribution >= 0.6 is 11.6 Å². The van der Waals surface area contributed by atoms with Crippen LogP contribution in [-0.2, 0) is 11.2 Å². The number of hydrogen-bond donors (Lipinski definition) is 2. The minimum atomic E-state index is -0.957. The summed E-state index contributed by atoms with van der Waals surface area (Å²) in [7, 11) is 0. The van der Waals surface area contributed by atoms with Crippen molar-refractivity contribution >= 4 is 28.8 Å². The van der Waals surface area contributed by atoms with Gasteiger partial charge >= 0.3 is 5.97 Å². The molecular weight excluding hydrogens is 218 g/mol. The van der Waals surface area contributed by atoms with E-state index in [4.69, 9.17) is 22.4 Å². The molecule has 0 atom stereocenters. The summed E-state index contributed by atoms with van der Waals surface area (Å²) in [6.07, 6.45) is 1.50. The number of aliphatic carboxylic acids is 1. The van der Waals surface area contributed by atoms with Crippen LogP contribution in [0.5, 0.6) is 0 Å². The van der Waals surface area contributed by atoms with Gasteiger partial charge in [-0.25, -0.2) is 4.98 Å². The molecule has 2 aromatic heterocycles. The van der Waals surface area contributed by atoms with E-state index in [9.17, 15) is 4.79 Å². The zero-order valence-electron chi connectivity index (χ0n) is 7.64. The molecule has 2 heterocycles. The van der Waals surface area contributed by atoms with E-state index in [1.165, 1.54) is 0 Å². The lowest BCUT2D eigenvalue weighted by molar-refractivity contribution is -0.136. The summed E-state index contributed by atoms with van der Waals surface area (Å²) >= 11 is 5.86. The largest absolute Gasteiger partial charge is 0.481 e. The van der Waals surface area contributed by atoms with Gasteiger partial charge in [0.25, 0.3) is 0 Å². The van der Waals surface area contributed by atoms with E-state index in [0.29, 0.717) is 17.0 Å². The van der Waals surface area contributed by atoms with Crippen LogP contribution in [0.25, 0.3) is 5.52 Å². The Morgan fingerprint density at radius 1 is 1.67 bits per heavy atom. The summed E-state index contributed by atoms with van der Waals surface area (Å²) in [5, 5.41) is 8.90. The molecular formula is C9H8ClN3O2. The number of halogens is 1. The Hall–Kier alpha value is -1.75. The molecule has 0 amide bonds. The first-order valence-corrected chi connectivity index (χ1v) is 4.60. The van der Waals surface area contributed by atoms with Gasteiger partial charge in [0.2, 0.25) is 0 Å². The van der Waals surface area contributed by atoms with E-state index in [0.717, 1.165) is 0 Å². The number of nitrogens with two attached hydrogens (primary N) is 1. The van der Waals surface area contributed by atoms with Gasteiger partial charge in [-0.2, -0.15) is 0 Å². The molecule has 0 fully saturated rings. The highest BCUT2D eigenvalue weighted by Gasteiger charge is 2.13. The van der Waals surface area contributed by atoms with Crippen LogP contribution in [0.3, 0.4) is 0 Å². The van der Waals surface area contributed by atoms with Crippen molar-refractivity contribution in [2.24, 2.45) is 0 Å². The first-order chi connectivity index (χ1) is 7.09. The lowest BCUT2D eigenvalue weighted by atomic mass is 10.3. The number of carboxylic acid groups (broad SMARTS) is 1. The van der Waals surface area contributed by atoms with E-state index < -0.39 is 5.97 Å². The first-order valence-electron chi connectivity index (χ1n) is 4.22. The molecule has 0 bridgehead atoms. The molecule has 0 aliphatic rings. The Labute approximate surface area is 90.1 Å². The zero-order chi connectivity index (χ0) is 11.0. The minimum absolute atomic E-state index is 0.183. The number of nitrogen functional groups attached to an aromatic ring is 1. The second-order valence-electron chi connectivity index (χ2n) is 3.07. The molecule has 0 spiro atoms. The predicted molar refractivity (Wildman–Crippen MR) is 56.0 cm³/mol. The number of rotatable bonds is 2. The smallest absolute Gasteiger partial charge is 0.311 e. The zero-order valence-corrected chi connectivity index (χ0v) is 8.40. The predicted octanol–water partition coefficient (Wildman–Crippen LogP) is 1.20. The molecule has 78 valence electrons. The normalized spacial score (nSPS) is 10.7. The molecule has 2 rings (SSSR count). The van der Waals surface area contributed by atoms with Gasteiger partial charge in [0.05, 0.1) is 5.69 Å². The van der Waals surface area contributed by atoms with Gasteiger partial charge in [0, 0.05) is 6.20 Å².